The van der Waals surface area contributed by atoms with Crippen LogP contribution in [0, 0.1) is 6.92 Å². The molecule has 3 aromatic rings. The summed E-state index contributed by atoms with van der Waals surface area (Å²) in [7, 11) is 0. The smallest absolute Gasteiger partial charge is 0.251 e. The molecule has 25 heavy (non-hydrogen) atoms. The quantitative estimate of drug-likeness (QED) is 0.663. The van der Waals surface area contributed by atoms with E-state index in [0.717, 1.165) is 20.9 Å². The summed E-state index contributed by atoms with van der Waals surface area (Å²) >= 11 is 1.61. The van der Waals surface area contributed by atoms with Gasteiger partial charge in [0.1, 0.15) is 0 Å². The van der Waals surface area contributed by atoms with Crippen molar-refractivity contribution in [2.75, 3.05) is 11.9 Å². The lowest BCUT2D eigenvalue weighted by Gasteiger charge is -2.07. The van der Waals surface area contributed by atoms with Crippen LogP contribution in [0.15, 0.2) is 48.5 Å². The van der Waals surface area contributed by atoms with Crippen molar-refractivity contribution in [2.45, 2.75) is 19.8 Å². The third-order valence-electron chi connectivity index (χ3n) is 3.68. The van der Waals surface area contributed by atoms with Crippen LogP contribution in [0.5, 0.6) is 0 Å². The van der Waals surface area contributed by atoms with E-state index in [-0.39, 0.29) is 11.8 Å². The molecule has 0 saturated heterocycles. The molecule has 128 valence electrons. The second kappa shape index (κ2) is 7.90. The predicted octanol–water partition coefficient (Wildman–Crippen LogP) is 3.75. The summed E-state index contributed by atoms with van der Waals surface area (Å²) in [5, 5.41) is 6.72. The Morgan fingerprint density at radius 3 is 2.72 bits per heavy atom. The number of benzene rings is 2. The monoisotopic (exact) mass is 353 g/mol. The van der Waals surface area contributed by atoms with Gasteiger partial charge in [0, 0.05) is 24.2 Å². The standard InChI is InChI=1S/C19H19N3O2S/c1-13-21-16-10-9-15(12-17(16)25-13)22-18(23)8-5-11-20-19(24)14-6-3-2-4-7-14/h2-4,6-7,9-10,12H,5,8,11H2,1H3,(H,20,24)(H,22,23). The Labute approximate surface area is 150 Å². The highest BCUT2D eigenvalue weighted by atomic mass is 32.1. The minimum Gasteiger partial charge on any atom is -0.352 e. The van der Waals surface area contributed by atoms with E-state index in [0.29, 0.717) is 24.9 Å². The number of carbonyl (C=O) groups is 2. The number of nitrogens with zero attached hydrogens (tertiary/aromatic N) is 1. The molecule has 6 heteroatoms. The summed E-state index contributed by atoms with van der Waals surface area (Å²) < 4.78 is 1.06. The first-order valence-corrected chi connectivity index (χ1v) is 8.94. The van der Waals surface area contributed by atoms with Gasteiger partial charge in [0.15, 0.2) is 0 Å². The zero-order chi connectivity index (χ0) is 17.6. The first-order chi connectivity index (χ1) is 12.1. The minimum atomic E-state index is -0.118. The number of fused-ring (bicyclic) bond motifs is 1. The van der Waals surface area contributed by atoms with Gasteiger partial charge in [-0.25, -0.2) is 4.98 Å². The number of aryl methyl sites for hydroxylation is 1. The Morgan fingerprint density at radius 2 is 1.92 bits per heavy atom. The van der Waals surface area contributed by atoms with Crippen LogP contribution in [0.2, 0.25) is 0 Å². The van der Waals surface area contributed by atoms with E-state index < -0.39 is 0 Å². The third-order valence-corrected chi connectivity index (χ3v) is 4.61. The second-order valence-electron chi connectivity index (χ2n) is 5.69. The molecule has 0 spiro atoms. The van der Waals surface area contributed by atoms with Gasteiger partial charge in [0.2, 0.25) is 5.91 Å². The molecule has 2 N–H and O–H groups in total. The molecule has 0 fully saturated rings. The number of hydrogen-bond donors (Lipinski definition) is 2. The highest BCUT2D eigenvalue weighted by molar-refractivity contribution is 7.18. The third kappa shape index (κ3) is 4.64. The lowest BCUT2D eigenvalue weighted by atomic mass is 10.2. The Bertz CT molecular complexity index is 890. The van der Waals surface area contributed by atoms with Crippen LogP contribution in [0.1, 0.15) is 28.2 Å². The molecule has 0 aliphatic carbocycles. The van der Waals surface area contributed by atoms with Gasteiger partial charge in [-0.3, -0.25) is 9.59 Å². The normalized spacial score (nSPS) is 10.6. The molecule has 5 nitrogen and oxygen atoms in total. The van der Waals surface area contributed by atoms with E-state index in [1.165, 1.54) is 0 Å². The number of anilines is 1. The fraction of sp³-hybridized carbons (Fsp3) is 0.211. The maximum Gasteiger partial charge on any atom is 0.251 e. The fourth-order valence-electron chi connectivity index (χ4n) is 2.48. The molecular weight excluding hydrogens is 334 g/mol. The molecule has 0 saturated carbocycles. The lowest BCUT2D eigenvalue weighted by molar-refractivity contribution is -0.116. The van der Waals surface area contributed by atoms with Crippen LogP contribution < -0.4 is 10.6 Å². The average molecular weight is 353 g/mol. The van der Waals surface area contributed by atoms with Gasteiger partial charge in [0.05, 0.1) is 15.2 Å². The van der Waals surface area contributed by atoms with Gasteiger partial charge in [0.25, 0.3) is 5.91 Å². The van der Waals surface area contributed by atoms with Crippen molar-refractivity contribution in [3.63, 3.8) is 0 Å². The van der Waals surface area contributed by atoms with Crippen LogP contribution >= 0.6 is 11.3 Å². The highest BCUT2D eigenvalue weighted by Crippen LogP contribution is 2.24. The lowest BCUT2D eigenvalue weighted by Crippen LogP contribution is -2.25. The van der Waals surface area contributed by atoms with E-state index >= 15 is 0 Å². The van der Waals surface area contributed by atoms with Crippen molar-refractivity contribution in [2.24, 2.45) is 0 Å². The number of rotatable bonds is 6. The Morgan fingerprint density at radius 1 is 1.12 bits per heavy atom. The van der Waals surface area contributed by atoms with Crippen molar-refractivity contribution < 1.29 is 9.59 Å². The summed E-state index contributed by atoms with van der Waals surface area (Å²) in [6.07, 6.45) is 0.946. The van der Waals surface area contributed by atoms with Crippen LogP contribution in [0.25, 0.3) is 10.2 Å². The number of thiazole rings is 1. The minimum absolute atomic E-state index is 0.0606. The molecule has 0 bridgehead atoms. The summed E-state index contributed by atoms with van der Waals surface area (Å²) in [6.45, 7) is 2.43. The highest BCUT2D eigenvalue weighted by Gasteiger charge is 2.07. The molecule has 0 radical (unpaired) electrons. The first-order valence-electron chi connectivity index (χ1n) is 8.12. The van der Waals surface area contributed by atoms with Gasteiger partial charge in [-0.05, 0) is 43.7 Å². The molecule has 0 aliphatic rings. The van der Waals surface area contributed by atoms with E-state index in [1.54, 1.807) is 23.5 Å². The fourth-order valence-corrected chi connectivity index (χ4v) is 3.35. The van der Waals surface area contributed by atoms with Gasteiger partial charge in [-0.1, -0.05) is 18.2 Å². The molecule has 2 aromatic carbocycles. The van der Waals surface area contributed by atoms with Crippen LogP contribution in [0.3, 0.4) is 0 Å². The number of nitrogens with one attached hydrogen (secondary N) is 2. The number of aromatic nitrogens is 1. The average Bonchev–Trinajstić information content (AvgIpc) is 2.98. The maximum atomic E-state index is 12.0. The Balaban J connectivity index is 1.43. The largest absolute Gasteiger partial charge is 0.352 e. The Kier molecular flexibility index (Phi) is 5.40. The number of carbonyl (C=O) groups excluding carboxylic acids is 2. The SMILES string of the molecule is Cc1nc2ccc(NC(=O)CCCNC(=O)c3ccccc3)cc2s1. The second-order valence-corrected chi connectivity index (χ2v) is 6.92. The summed E-state index contributed by atoms with van der Waals surface area (Å²) in [5.41, 5.74) is 2.35. The van der Waals surface area contributed by atoms with E-state index in [2.05, 4.69) is 15.6 Å². The molecule has 3 rings (SSSR count). The zero-order valence-corrected chi connectivity index (χ0v) is 14.7. The molecule has 0 aliphatic heterocycles. The van der Waals surface area contributed by atoms with Crippen molar-refractivity contribution in [3.8, 4) is 0 Å². The topological polar surface area (TPSA) is 71.1 Å². The van der Waals surface area contributed by atoms with Gasteiger partial charge in [-0.2, -0.15) is 0 Å². The zero-order valence-electron chi connectivity index (χ0n) is 13.9. The summed E-state index contributed by atoms with van der Waals surface area (Å²) in [5.74, 6) is -0.179. The Hall–Kier alpha value is -2.73. The van der Waals surface area contributed by atoms with E-state index in [9.17, 15) is 9.59 Å². The molecule has 1 heterocycles. The molecule has 1 aromatic heterocycles. The van der Waals surface area contributed by atoms with Crippen molar-refractivity contribution >= 4 is 39.1 Å². The van der Waals surface area contributed by atoms with Crippen LogP contribution in [-0.4, -0.2) is 23.3 Å². The van der Waals surface area contributed by atoms with Crippen LogP contribution in [-0.2, 0) is 4.79 Å². The summed E-state index contributed by atoms with van der Waals surface area (Å²) in [4.78, 5) is 28.3. The van der Waals surface area contributed by atoms with Gasteiger partial charge >= 0.3 is 0 Å². The van der Waals surface area contributed by atoms with Crippen molar-refractivity contribution in [1.82, 2.24) is 10.3 Å². The van der Waals surface area contributed by atoms with Gasteiger partial charge in [-0.15, -0.1) is 11.3 Å². The maximum absolute atomic E-state index is 12.0. The van der Waals surface area contributed by atoms with E-state index in [1.807, 2.05) is 43.3 Å². The van der Waals surface area contributed by atoms with Crippen molar-refractivity contribution in [1.29, 1.82) is 0 Å². The van der Waals surface area contributed by atoms with Crippen LogP contribution in [0.4, 0.5) is 5.69 Å². The molecule has 0 atom stereocenters. The molecular formula is C19H19N3O2S. The number of hydrogen-bond acceptors (Lipinski definition) is 4. The van der Waals surface area contributed by atoms with Crippen molar-refractivity contribution in [3.05, 3.63) is 59.1 Å². The summed E-state index contributed by atoms with van der Waals surface area (Å²) in [6, 6.07) is 14.7. The van der Waals surface area contributed by atoms with E-state index in [4.69, 9.17) is 0 Å². The first kappa shape index (κ1) is 17.1. The predicted molar refractivity (Wildman–Crippen MR) is 101 cm³/mol. The van der Waals surface area contributed by atoms with Gasteiger partial charge < -0.3 is 10.6 Å². The molecule has 0 unspecified atom stereocenters. The molecule has 2 amide bonds. The number of amides is 2.